The number of halogens is 3. The third kappa shape index (κ3) is 7.12. The van der Waals surface area contributed by atoms with Crippen LogP contribution in [0, 0.1) is 23.7 Å². The van der Waals surface area contributed by atoms with Gasteiger partial charge < -0.3 is 4.90 Å². The Morgan fingerprint density at radius 3 is 2.25 bits per heavy atom. The van der Waals surface area contributed by atoms with Gasteiger partial charge in [0.1, 0.15) is 0 Å². The second-order valence-electron chi connectivity index (χ2n) is 7.47. The lowest BCUT2D eigenvalue weighted by Crippen LogP contribution is -2.31. The van der Waals surface area contributed by atoms with E-state index in [2.05, 4.69) is 21.5 Å². The number of hydrogen-bond acceptors (Lipinski definition) is 3. The monoisotopic (exact) mass is 416 g/mol. The summed E-state index contributed by atoms with van der Waals surface area (Å²) < 4.78 is 64.9. The van der Waals surface area contributed by atoms with Crippen molar-refractivity contribution in [2.24, 2.45) is 11.8 Å². The number of alkyl halides is 3. The summed E-state index contributed by atoms with van der Waals surface area (Å²) in [4.78, 5) is 1.94. The van der Waals surface area contributed by atoms with Crippen molar-refractivity contribution in [2.45, 2.75) is 43.2 Å². The molecule has 1 fully saturated rings. The average molecular weight is 417 g/mol. The normalized spacial score (nSPS) is 20.6. The zero-order chi connectivity index (χ0) is 20.8. The highest BCUT2D eigenvalue weighted by atomic mass is 32.2. The summed E-state index contributed by atoms with van der Waals surface area (Å²) in [5.74, 6) is 7.11. The largest absolute Gasteiger partial charge is 0.416 e. The van der Waals surface area contributed by atoms with Crippen molar-refractivity contribution in [2.75, 3.05) is 27.2 Å². The van der Waals surface area contributed by atoms with E-state index in [0.717, 1.165) is 62.9 Å². The van der Waals surface area contributed by atoms with E-state index in [-0.39, 0.29) is 10.8 Å². The topological polar surface area (TPSA) is 49.4 Å². The minimum Gasteiger partial charge on any atom is -0.308 e. The first-order valence-corrected chi connectivity index (χ1v) is 10.9. The molecule has 0 heterocycles. The molecule has 0 aromatic heterocycles. The molecule has 1 aliphatic carbocycles. The molecule has 1 aromatic carbocycles. The summed E-state index contributed by atoms with van der Waals surface area (Å²) >= 11 is 0. The van der Waals surface area contributed by atoms with Crippen molar-refractivity contribution in [3.8, 4) is 11.8 Å². The van der Waals surface area contributed by atoms with Crippen molar-refractivity contribution in [3.63, 3.8) is 0 Å². The quantitative estimate of drug-likeness (QED) is 0.719. The second kappa shape index (κ2) is 9.77. The van der Waals surface area contributed by atoms with Crippen LogP contribution in [0.15, 0.2) is 29.2 Å². The second-order valence-corrected chi connectivity index (χ2v) is 9.23. The maximum atomic E-state index is 12.6. The van der Waals surface area contributed by atoms with Crippen LogP contribution < -0.4 is 4.72 Å². The Bertz CT molecular complexity index is 785. The van der Waals surface area contributed by atoms with Crippen LogP contribution in [0.3, 0.4) is 0 Å². The molecule has 156 valence electrons. The van der Waals surface area contributed by atoms with Crippen molar-refractivity contribution in [3.05, 3.63) is 29.8 Å². The van der Waals surface area contributed by atoms with Gasteiger partial charge in [0.15, 0.2) is 0 Å². The van der Waals surface area contributed by atoms with Gasteiger partial charge in [-0.25, -0.2) is 13.1 Å². The number of benzene rings is 1. The molecule has 0 amide bonds. The summed E-state index contributed by atoms with van der Waals surface area (Å²) in [6, 6.07) is 3.56. The number of hydrogen-bond donors (Lipinski definition) is 1. The Morgan fingerprint density at radius 2 is 1.71 bits per heavy atom. The minimum absolute atomic E-state index is 0.152. The van der Waals surface area contributed by atoms with Crippen LogP contribution in [0.2, 0.25) is 0 Å². The Morgan fingerprint density at radius 1 is 1.11 bits per heavy atom. The van der Waals surface area contributed by atoms with Gasteiger partial charge in [0.2, 0.25) is 10.0 Å². The third-order valence-electron chi connectivity index (χ3n) is 4.89. The molecule has 0 spiro atoms. The van der Waals surface area contributed by atoms with Crippen LogP contribution >= 0.6 is 0 Å². The standard InChI is InChI=1S/C20H27F3N2O2S/c1-25(2)14-4-3-5-16-6-8-17(9-7-16)15-24-28(26,27)19-12-10-18(11-13-19)20(21,22)23/h10-13,16-17,24H,4,6-9,14-15H2,1-2H3. The van der Waals surface area contributed by atoms with Gasteiger partial charge in [-0.2, -0.15) is 13.2 Å². The van der Waals surface area contributed by atoms with Crippen LogP contribution in [0.5, 0.6) is 0 Å². The van der Waals surface area contributed by atoms with Crippen molar-refractivity contribution < 1.29 is 21.6 Å². The number of sulfonamides is 1. The first-order valence-electron chi connectivity index (χ1n) is 9.38. The van der Waals surface area contributed by atoms with Gasteiger partial charge in [-0.15, -0.1) is 5.92 Å². The molecule has 4 nitrogen and oxygen atoms in total. The van der Waals surface area contributed by atoms with Crippen LogP contribution in [0.4, 0.5) is 13.2 Å². The van der Waals surface area contributed by atoms with E-state index in [9.17, 15) is 21.6 Å². The fourth-order valence-electron chi connectivity index (χ4n) is 3.14. The van der Waals surface area contributed by atoms with E-state index < -0.39 is 21.8 Å². The Labute approximate surface area is 165 Å². The van der Waals surface area contributed by atoms with Crippen LogP contribution in [0.1, 0.15) is 37.7 Å². The van der Waals surface area contributed by atoms with Gasteiger partial charge in [0.05, 0.1) is 10.5 Å². The Kier molecular flexibility index (Phi) is 7.93. The summed E-state index contributed by atoms with van der Waals surface area (Å²) in [6.45, 7) is 1.23. The Balaban J connectivity index is 1.81. The number of nitrogens with zero attached hydrogens (tertiary/aromatic N) is 1. The molecule has 1 aliphatic rings. The lowest BCUT2D eigenvalue weighted by Gasteiger charge is -2.25. The van der Waals surface area contributed by atoms with Crippen molar-refractivity contribution >= 4 is 10.0 Å². The van der Waals surface area contributed by atoms with Crippen LogP contribution in [-0.2, 0) is 16.2 Å². The highest BCUT2D eigenvalue weighted by Crippen LogP contribution is 2.30. The van der Waals surface area contributed by atoms with Crippen molar-refractivity contribution in [1.82, 2.24) is 9.62 Å². The number of nitrogens with one attached hydrogen (secondary N) is 1. The summed E-state index contributed by atoms with van der Waals surface area (Å²) in [5.41, 5.74) is -0.864. The molecule has 0 atom stereocenters. The summed E-state index contributed by atoms with van der Waals surface area (Å²) in [7, 11) is 0.214. The smallest absolute Gasteiger partial charge is 0.308 e. The average Bonchev–Trinajstić information content (AvgIpc) is 2.64. The minimum atomic E-state index is -4.48. The van der Waals surface area contributed by atoms with Gasteiger partial charge in [0, 0.05) is 25.4 Å². The molecule has 28 heavy (non-hydrogen) atoms. The molecular formula is C20H27F3N2O2S. The van der Waals surface area contributed by atoms with E-state index in [1.807, 2.05) is 14.1 Å². The lowest BCUT2D eigenvalue weighted by atomic mass is 9.82. The maximum absolute atomic E-state index is 12.6. The summed E-state index contributed by atoms with van der Waals surface area (Å²) in [5, 5.41) is 0. The predicted molar refractivity (Wildman–Crippen MR) is 103 cm³/mol. The van der Waals surface area contributed by atoms with Gasteiger partial charge in [-0.1, -0.05) is 5.92 Å². The molecule has 0 aliphatic heterocycles. The molecule has 0 saturated heterocycles. The molecular weight excluding hydrogens is 389 g/mol. The fourth-order valence-corrected chi connectivity index (χ4v) is 4.26. The van der Waals surface area contributed by atoms with Gasteiger partial charge in [-0.05, 0) is 70.0 Å². The van der Waals surface area contributed by atoms with E-state index in [0.29, 0.717) is 12.5 Å². The Hall–Kier alpha value is -1.56. The zero-order valence-corrected chi connectivity index (χ0v) is 17.0. The maximum Gasteiger partial charge on any atom is 0.416 e. The first-order chi connectivity index (χ1) is 13.1. The molecule has 1 saturated carbocycles. The zero-order valence-electron chi connectivity index (χ0n) is 16.2. The fraction of sp³-hybridized carbons (Fsp3) is 0.600. The molecule has 0 unspecified atom stereocenters. The third-order valence-corrected chi connectivity index (χ3v) is 6.33. The lowest BCUT2D eigenvalue weighted by molar-refractivity contribution is -0.137. The highest BCUT2D eigenvalue weighted by Gasteiger charge is 2.30. The van der Waals surface area contributed by atoms with E-state index in [1.165, 1.54) is 0 Å². The van der Waals surface area contributed by atoms with E-state index in [1.54, 1.807) is 0 Å². The van der Waals surface area contributed by atoms with Gasteiger partial charge >= 0.3 is 6.18 Å². The molecule has 0 radical (unpaired) electrons. The number of rotatable bonds is 6. The molecule has 1 N–H and O–H groups in total. The molecule has 2 rings (SSSR count). The van der Waals surface area contributed by atoms with Crippen LogP contribution in [-0.4, -0.2) is 40.5 Å². The highest BCUT2D eigenvalue weighted by molar-refractivity contribution is 7.89. The van der Waals surface area contributed by atoms with Gasteiger partial charge in [-0.3, -0.25) is 0 Å². The first kappa shape index (κ1) is 22.7. The van der Waals surface area contributed by atoms with E-state index >= 15 is 0 Å². The molecule has 0 bridgehead atoms. The SMILES string of the molecule is CN(C)CCC#CC1CCC(CNS(=O)(=O)c2ccc(C(F)(F)F)cc2)CC1. The predicted octanol–water partition coefficient (Wildman–Crippen LogP) is 3.75. The molecule has 8 heteroatoms. The van der Waals surface area contributed by atoms with Crippen molar-refractivity contribution in [1.29, 1.82) is 0 Å². The molecule has 1 aromatic rings. The van der Waals surface area contributed by atoms with Gasteiger partial charge in [0.25, 0.3) is 0 Å². The van der Waals surface area contributed by atoms with Crippen LogP contribution in [0.25, 0.3) is 0 Å². The summed E-state index contributed by atoms with van der Waals surface area (Å²) in [6.07, 6.45) is 0.0396. The van der Waals surface area contributed by atoms with E-state index in [4.69, 9.17) is 0 Å².